The third-order valence-electron chi connectivity index (χ3n) is 18.2. The van der Waals surface area contributed by atoms with Crippen molar-refractivity contribution >= 4 is 39.5 Å². The van der Waals surface area contributed by atoms with Crippen molar-refractivity contribution < 1.29 is 80.2 Å². The fraction of sp³-hybridized carbons (Fsp3) is 0.948. The molecule has 0 saturated carbocycles. The summed E-state index contributed by atoms with van der Waals surface area (Å²) in [5.41, 5.74) is 0. The molecular formula is C77H150O17P2. The summed E-state index contributed by atoms with van der Waals surface area (Å²) in [6, 6.07) is 0. The molecule has 0 spiro atoms. The van der Waals surface area contributed by atoms with Gasteiger partial charge in [-0.3, -0.25) is 37.3 Å². The van der Waals surface area contributed by atoms with Crippen LogP contribution in [0.2, 0.25) is 0 Å². The van der Waals surface area contributed by atoms with Crippen LogP contribution in [-0.4, -0.2) is 96.7 Å². The fourth-order valence-corrected chi connectivity index (χ4v) is 13.3. The standard InChI is InChI=1S/C77H150O17P2/c1-8-10-11-12-13-14-15-25-32-37-46-53-60-76(81)94-73(65-88-75(80)59-52-45-40-39-43-50-57-70(7)9-2)67-92-96(85,86)90-63-71(78)62-89-95(83,84)91-66-72(64-87-74(79)58-51-44-36-31-28-27-30-35-42-49-56-69(5)6)93-77(82)61-54-47-38-33-26-23-21-19-17-16-18-20-22-24-29-34-41-48-55-68(3)4/h68-73,78H,8-67H2,1-7H3,(H,83,84)(H,85,86)/t70?,71-,72-,73-/m1/s1. The number of ether oxygens (including phenoxy) is 4. The summed E-state index contributed by atoms with van der Waals surface area (Å²) in [5, 5.41) is 10.6. The molecule has 0 aliphatic carbocycles. The Labute approximate surface area is 588 Å². The summed E-state index contributed by atoms with van der Waals surface area (Å²) in [7, 11) is -9.91. The second-order valence-electron chi connectivity index (χ2n) is 28.9. The van der Waals surface area contributed by atoms with E-state index in [9.17, 15) is 43.2 Å². The highest BCUT2D eigenvalue weighted by atomic mass is 31.2. The molecule has 0 aliphatic rings. The van der Waals surface area contributed by atoms with Crippen molar-refractivity contribution in [3.05, 3.63) is 0 Å². The van der Waals surface area contributed by atoms with Crippen LogP contribution in [0.4, 0.5) is 0 Å². The van der Waals surface area contributed by atoms with Crippen molar-refractivity contribution in [3.8, 4) is 0 Å². The third kappa shape index (κ3) is 69.2. The molecule has 0 heterocycles. The minimum atomic E-state index is -4.96. The molecule has 17 nitrogen and oxygen atoms in total. The second kappa shape index (κ2) is 67.5. The number of aliphatic hydroxyl groups is 1. The SMILES string of the molecule is CCCCCCCCCCCCCCC(=O)O[C@H](COC(=O)CCCCCCCCC(C)CC)COP(=O)(O)OC[C@H](O)COP(=O)(O)OC[C@@H](COC(=O)CCCCCCCCCCCCC(C)C)OC(=O)CCCCCCCCCCCCCCCCCCCCC(C)C. The van der Waals surface area contributed by atoms with Gasteiger partial charge in [0.15, 0.2) is 12.2 Å². The summed E-state index contributed by atoms with van der Waals surface area (Å²) in [6.45, 7) is 11.9. The van der Waals surface area contributed by atoms with Crippen LogP contribution in [0.25, 0.3) is 0 Å². The van der Waals surface area contributed by atoms with Crippen LogP contribution in [0.1, 0.15) is 395 Å². The van der Waals surface area contributed by atoms with E-state index in [1.165, 1.54) is 199 Å². The number of rotatable bonds is 75. The van der Waals surface area contributed by atoms with E-state index in [0.29, 0.717) is 25.7 Å². The number of phosphoric acid groups is 2. The van der Waals surface area contributed by atoms with Crippen LogP contribution < -0.4 is 0 Å². The van der Waals surface area contributed by atoms with E-state index in [4.69, 9.17) is 37.0 Å². The fourth-order valence-electron chi connectivity index (χ4n) is 11.7. The first-order valence-electron chi connectivity index (χ1n) is 39.9. The maximum absolute atomic E-state index is 13.1. The van der Waals surface area contributed by atoms with Crippen molar-refractivity contribution in [3.63, 3.8) is 0 Å². The Balaban J connectivity index is 5.21. The van der Waals surface area contributed by atoms with Crippen LogP contribution >= 0.6 is 15.6 Å². The summed E-state index contributed by atoms with van der Waals surface area (Å²) in [5.74, 6) is 0.193. The van der Waals surface area contributed by atoms with Crippen LogP contribution in [-0.2, 0) is 65.4 Å². The molecule has 0 rings (SSSR count). The van der Waals surface area contributed by atoms with Gasteiger partial charge in [0, 0.05) is 25.7 Å². The first-order chi connectivity index (χ1) is 46.3. The Morgan fingerprint density at radius 1 is 0.302 bits per heavy atom. The topological polar surface area (TPSA) is 237 Å². The molecule has 0 radical (unpaired) electrons. The van der Waals surface area contributed by atoms with E-state index in [2.05, 4.69) is 48.5 Å². The predicted octanol–water partition coefficient (Wildman–Crippen LogP) is 22.6. The lowest BCUT2D eigenvalue weighted by Gasteiger charge is -2.21. The molecule has 0 bridgehead atoms. The van der Waals surface area contributed by atoms with E-state index >= 15 is 0 Å². The molecule has 0 aromatic rings. The van der Waals surface area contributed by atoms with Gasteiger partial charge in [-0.15, -0.1) is 0 Å². The highest BCUT2D eigenvalue weighted by Crippen LogP contribution is 2.45. The van der Waals surface area contributed by atoms with Gasteiger partial charge in [-0.1, -0.05) is 344 Å². The highest BCUT2D eigenvalue weighted by molar-refractivity contribution is 7.47. The van der Waals surface area contributed by atoms with Crippen molar-refractivity contribution in [2.24, 2.45) is 17.8 Å². The summed E-state index contributed by atoms with van der Waals surface area (Å²) < 4.78 is 68.5. The van der Waals surface area contributed by atoms with Crippen LogP contribution in [0.5, 0.6) is 0 Å². The van der Waals surface area contributed by atoms with Crippen LogP contribution in [0, 0.1) is 17.8 Å². The lowest BCUT2D eigenvalue weighted by molar-refractivity contribution is -0.161. The first-order valence-corrected chi connectivity index (χ1v) is 42.9. The number of aliphatic hydroxyl groups excluding tert-OH is 1. The molecule has 0 aliphatic heterocycles. The van der Waals surface area contributed by atoms with E-state index < -0.39 is 97.5 Å². The molecular weight excluding hydrogens is 1260 g/mol. The number of phosphoric ester groups is 2. The Kier molecular flexibility index (Phi) is 66.2. The molecule has 0 aromatic heterocycles. The van der Waals surface area contributed by atoms with Crippen LogP contribution in [0.15, 0.2) is 0 Å². The van der Waals surface area contributed by atoms with Gasteiger partial charge in [-0.2, -0.15) is 0 Å². The number of esters is 4. The van der Waals surface area contributed by atoms with Gasteiger partial charge >= 0.3 is 39.5 Å². The molecule has 0 amide bonds. The first kappa shape index (κ1) is 94.1. The molecule has 3 N–H and O–H groups in total. The maximum Gasteiger partial charge on any atom is 0.472 e. The number of hydrogen-bond acceptors (Lipinski definition) is 15. The highest BCUT2D eigenvalue weighted by Gasteiger charge is 2.30. The Morgan fingerprint density at radius 3 is 0.792 bits per heavy atom. The Bertz CT molecular complexity index is 1870. The van der Waals surface area contributed by atoms with E-state index in [0.717, 1.165) is 114 Å². The van der Waals surface area contributed by atoms with Gasteiger partial charge in [-0.25, -0.2) is 9.13 Å². The minimum Gasteiger partial charge on any atom is -0.462 e. The smallest absolute Gasteiger partial charge is 0.462 e. The molecule has 0 saturated heterocycles. The van der Waals surface area contributed by atoms with E-state index in [1.54, 1.807) is 0 Å². The lowest BCUT2D eigenvalue weighted by atomic mass is 10.00. The monoisotopic (exact) mass is 1410 g/mol. The van der Waals surface area contributed by atoms with Gasteiger partial charge < -0.3 is 33.8 Å². The number of unbranched alkanes of at least 4 members (excludes halogenated alkanes) is 42. The molecule has 19 heteroatoms. The van der Waals surface area contributed by atoms with Gasteiger partial charge in [0.25, 0.3) is 0 Å². The maximum atomic E-state index is 13.1. The zero-order valence-electron chi connectivity index (χ0n) is 62.8. The van der Waals surface area contributed by atoms with E-state index in [-0.39, 0.29) is 25.7 Å². The predicted molar refractivity (Wildman–Crippen MR) is 391 cm³/mol. The van der Waals surface area contributed by atoms with Gasteiger partial charge in [0.2, 0.25) is 0 Å². The Hall–Kier alpha value is -1.94. The zero-order valence-corrected chi connectivity index (χ0v) is 64.6. The van der Waals surface area contributed by atoms with Gasteiger partial charge in [0.05, 0.1) is 26.4 Å². The second-order valence-corrected chi connectivity index (χ2v) is 31.8. The molecule has 570 valence electrons. The number of hydrogen-bond donors (Lipinski definition) is 3. The molecule has 96 heavy (non-hydrogen) atoms. The average Bonchev–Trinajstić information content (AvgIpc) is 1.29. The largest absolute Gasteiger partial charge is 0.472 e. The molecule has 0 fully saturated rings. The quantitative estimate of drug-likeness (QED) is 0.0222. The lowest BCUT2D eigenvalue weighted by Crippen LogP contribution is -2.30. The van der Waals surface area contributed by atoms with Gasteiger partial charge in [0.1, 0.15) is 19.3 Å². The molecule has 6 atom stereocenters. The minimum absolute atomic E-state index is 0.106. The number of carbonyl (C=O) groups excluding carboxylic acids is 4. The van der Waals surface area contributed by atoms with Crippen molar-refractivity contribution in [2.45, 2.75) is 414 Å². The van der Waals surface area contributed by atoms with Crippen molar-refractivity contribution in [1.29, 1.82) is 0 Å². The van der Waals surface area contributed by atoms with Crippen molar-refractivity contribution in [1.82, 2.24) is 0 Å². The summed E-state index contributed by atoms with van der Waals surface area (Å²) in [6.07, 6.45) is 54.2. The van der Waals surface area contributed by atoms with Crippen LogP contribution in [0.3, 0.4) is 0 Å². The third-order valence-corrected chi connectivity index (χ3v) is 20.1. The Morgan fingerprint density at radius 2 is 0.531 bits per heavy atom. The summed E-state index contributed by atoms with van der Waals surface area (Å²) in [4.78, 5) is 72.8. The van der Waals surface area contributed by atoms with Gasteiger partial charge in [-0.05, 0) is 43.4 Å². The number of carbonyl (C=O) groups is 4. The van der Waals surface area contributed by atoms with Crippen molar-refractivity contribution in [2.75, 3.05) is 39.6 Å². The summed E-state index contributed by atoms with van der Waals surface area (Å²) >= 11 is 0. The average molecular weight is 1410 g/mol. The zero-order chi connectivity index (χ0) is 70.9. The molecule has 3 unspecified atom stereocenters. The molecule has 0 aromatic carbocycles. The normalized spacial score (nSPS) is 14.3. The van der Waals surface area contributed by atoms with E-state index in [1.807, 2.05) is 0 Å².